The molecule has 1 rings (SSSR count). The molecule has 0 aliphatic carbocycles. The van der Waals surface area contributed by atoms with Crippen molar-refractivity contribution in [2.24, 2.45) is 0 Å². The van der Waals surface area contributed by atoms with Gasteiger partial charge >= 0.3 is 5.97 Å². The molecule has 0 spiro atoms. The number of rotatable bonds is 5. The molecular formula is C12H15NO3. The van der Waals surface area contributed by atoms with Crippen molar-refractivity contribution < 1.29 is 14.7 Å². The second-order valence-electron chi connectivity index (χ2n) is 3.75. The van der Waals surface area contributed by atoms with Gasteiger partial charge in [0.1, 0.15) is 6.04 Å². The van der Waals surface area contributed by atoms with Crippen LogP contribution in [-0.4, -0.2) is 23.5 Å². The van der Waals surface area contributed by atoms with Gasteiger partial charge in [-0.25, -0.2) is 4.79 Å². The highest BCUT2D eigenvalue weighted by Gasteiger charge is 2.18. The maximum absolute atomic E-state index is 10.9. The van der Waals surface area contributed by atoms with Gasteiger partial charge in [-0.1, -0.05) is 18.2 Å². The van der Waals surface area contributed by atoms with Crippen LogP contribution in [0.5, 0.6) is 0 Å². The first-order chi connectivity index (χ1) is 7.56. The SMILES string of the molecule is Cc1cccc(C)c1CC(NC=O)C(=O)O. The highest BCUT2D eigenvalue weighted by atomic mass is 16.4. The molecule has 16 heavy (non-hydrogen) atoms. The van der Waals surface area contributed by atoms with Gasteiger partial charge in [0.05, 0.1) is 0 Å². The molecule has 86 valence electrons. The van der Waals surface area contributed by atoms with Crippen molar-refractivity contribution in [1.29, 1.82) is 0 Å². The molecule has 0 fully saturated rings. The zero-order chi connectivity index (χ0) is 12.1. The molecule has 0 saturated carbocycles. The second kappa shape index (κ2) is 5.30. The number of aryl methyl sites for hydroxylation is 2. The average Bonchev–Trinajstić information content (AvgIpc) is 2.21. The van der Waals surface area contributed by atoms with Gasteiger partial charge < -0.3 is 10.4 Å². The summed E-state index contributed by atoms with van der Waals surface area (Å²) < 4.78 is 0. The molecule has 0 heterocycles. The summed E-state index contributed by atoms with van der Waals surface area (Å²) in [6, 6.07) is 4.93. The standard InChI is InChI=1S/C12H15NO3/c1-8-4-3-5-9(2)10(8)6-11(12(15)16)13-7-14/h3-5,7,11H,6H2,1-2H3,(H,13,14)(H,15,16). The Bertz CT molecular complexity index is 381. The summed E-state index contributed by atoms with van der Waals surface area (Å²) in [6.07, 6.45) is 0.735. The van der Waals surface area contributed by atoms with E-state index in [1.54, 1.807) is 0 Å². The van der Waals surface area contributed by atoms with Gasteiger partial charge in [0.2, 0.25) is 6.41 Å². The summed E-state index contributed by atoms with van der Waals surface area (Å²) in [4.78, 5) is 21.2. The van der Waals surface area contributed by atoms with E-state index in [1.165, 1.54) is 0 Å². The molecule has 0 saturated heterocycles. The Morgan fingerprint density at radius 2 is 2.00 bits per heavy atom. The molecule has 1 atom stereocenters. The molecule has 1 amide bonds. The second-order valence-corrected chi connectivity index (χ2v) is 3.75. The van der Waals surface area contributed by atoms with Gasteiger partial charge in [-0.2, -0.15) is 0 Å². The molecule has 0 bridgehead atoms. The summed E-state index contributed by atoms with van der Waals surface area (Å²) in [6.45, 7) is 3.87. The molecule has 0 aliphatic rings. The van der Waals surface area contributed by atoms with E-state index < -0.39 is 12.0 Å². The maximum Gasteiger partial charge on any atom is 0.326 e. The molecule has 0 aliphatic heterocycles. The van der Waals surface area contributed by atoms with Crippen LogP contribution in [0.4, 0.5) is 0 Å². The van der Waals surface area contributed by atoms with Crippen LogP contribution in [0, 0.1) is 13.8 Å². The lowest BCUT2D eigenvalue weighted by Gasteiger charge is -2.15. The minimum Gasteiger partial charge on any atom is -0.480 e. The van der Waals surface area contributed by atoms with Gasteiger partial charge in [0.15, 0.2) is 0 Å². The van der Waals surface area contributed by atoms with E-state index in [2.05, 4.69) is 5.32 Å². The van der Waals surface area contributed by atoms with Crippen LogP contribution in [0.2, 0.25) is 0 Å². The van der Waals surface area contributed by atoms with E-state index in [1.807, 2.05) is 32.0 Å². The molecule has 4 heteroatoms. The minimum absolute atomic E-state index is 0.312. The first-order valence-corrected chi connectivity index (χ1v) is 5.04. The number of hydrogen-bond acceptors (Lipinski definition) is 2. The van der Waals surface area contributed by atoms with Crippen LogP contribution in [0.1, 0.15) is 16.7 Å². The Labute approximate surface area is 94.3 Å². The Kier molecular flexibility index (Phi) is 4.05. The molecule has 1 aromatic carbocycles. The Balaban J connectivity index is 2.93. The summed E-state index contributed by atoms with van der Waals surface area (Å²) in [5.41, 5.74) is 3.06. The number of amides is 1. The summed E-state index contributed by atoms with van der Waals surface area (Å²) in [5.74, 6) is -1.02. The molecule has 1 unspecified atom stereocenters. The highest BCUT2D eigenvalue weighted by molar-refractivity contribution is 5.76. The maximum atomic E-state index is 10.9. The van der Waals surface area contributed by atoms with Gasteiger partial charge in [-0.05, 0) is 30.5 Å². The number of carbonyl (C=O) groups excluding carboxylic acids is 1. The first-order valence-electron chi connectivity index (χ1n) is 5.04. The van der Waals surface area contributed by atoms with Gasteiger partial charge in [0, 0.05) is 6.42 Å². The molecule has 2 N–H and O–H groups in total. The van der Waals surface area contributed by atoms with E-state index in [4.69, 9.17) is 5.11 Å². The van der Waals surface area contributed by atoms with Crippen molar-refractivity contribution in [3.05, 3.63) is 34.9 Å². The van der Waals surface area contributed by atoms with Gasteiger partial charge in [-0.3, -0.25) is 4.79 Å². The summed E-state index contributed by atoms with van der Waals surface area (Å²) in [7, 11) is 0. The van der Waals surface area contributed by atoms with Crippen LogP contribution in [0.15, 0.2) is 18.2 Å². The summed E-state index contributed by atoms with van der Waals surface area (Å²) in [5, 5.41) is 11.2. The Hall–Kier alpha value is -1.84. The van der Waals surface area contributed by atoms with E-state index in [0.29, 0.717) is 12.8 Å². The lowest BCUT2D eigenvalue weighted by atomic mass is 9.96. The Morgan fingerprint density at radius 3 is 2.44 bits per heavy atom. The third-order valence-corrected chi connectivity index (χ3v) is 2.62. The number of benzene rings is 1. The van der Waals surface area contributed by atoms with E-state index in [9.17, 15) is 9.59 Å². The number of carboxylic acid groups (broad SMARTS) is 1. The van der Waals surface area contributed by atoms with Crippen molar-refractivity contribution in [2.75, 3.05) is 0 Å². The van der Waals surface area contributed by atoms with E-state index in [-0.39, 0.29) is 0 Å². The van der Waals surface area contributed by atoms with Crippen LogP contribution in [0.25, 0.3) is 0 Å². The fourth-order valence-electron chi connectivity index (χ4n) is 1.67. The van der Waals surface area contributed by atoms with Crippen molar-refractivity contribution in [2.45, 2.75) is 26.3 Å². The third-order valence-electron chi connectivity index (χ3n) is 2.62. The lowest BCUT2D eigenvalue weighted by molar-refractivity contribution is -0.140. The molecule has 0 aromatic heterocycles. The van der Waals surface area contributed by atoms with Crippen LogP contribution in [0.3, 0.4) is 0 Å². The predicted octanol–water partition coefficient (Wildman–Crippen LogP) is 1.05. The molecule has 0 radical (unpaired) electrons. The van der Waals surface area contributed by atoms with Crippen LogP contribution in [-0.2, 0) is 16.0 Å². The molecule has 4 nitrogen and oxygen atoms in total. The zero-order valence-corrected chi connectivity index (χ0v) is 9.36. The normalized spacial score (nSPS) is 11.9. The number of nitrogens with one attached hydrogen (secondary N) is 1. The monoisotopic (exact) mass is 221 g/mol. The molecular weight excluding hydrogens is 206 g/mol. The van der Waals surface area contributed by atoms with E-state index in [0.717, 1.165) is 16.7 Å². The van der Waals surface area contributed by atoms with Gasteiger partial charge in [-0.15, -0.1) is 0 Å². The van der Waals surface area contributed by atoms with Crippen molar-refractivity contribution in [1.82, 2.24) is 5.32 Å². The van der Waals surface area contributed by atoms with Crippen LogP contribution < -0.4 is 5.32 Å². The fraction of sp³-hybridized carbons (Fsp3) is 0.333. The predicted molar refractivity (Wildman–Crippen MR) is 60.2 cm³/mol. The lowest BCUT2D eigenvalue weighted by Crippen LogP contribution is -2.37. The van der Waals surface area contributed by atoms with Crippen LogP contribution >= 0.6 is 0 Å². The van der Waals surface area contributed by atoms with E-state index >= 15 is 0 Å². The first kappa shape index (κ1) is 12.2. The topological polar surface area (TPSA) is 66.4 Å². The molecule has 1 aromatic rings. The number of hydrogen-bond donors (Lipinski definition) is 2. The Morgan fingerprint density at radius 1 is 1.44 bits per heavy atom. The number of carboxylic acids is 1. The minimum atomic E-state index is -1.02. The smallest absolute Gasteiger partial charge is 0.326 e. The third kappa shape index (κ3) is 2.82. The quantitative estimate of drug-likeness (QED) is 0.730. The largest absolute Gasteiger partial charge is 0.480 e. The van der Waals surface area contributed by atoms with Crippen molar-refractivity contribution in [3.63, 3.8) is 0 Å². The number of carbonyl (C=O) groups is 2. The van der Waals surface area contributed by atoms with Gasteiger partial charge in [0.25, 0.3) is 0 Å². The summed E-state index contributed by atoms with van der Waals surface area (Å²) >= 11 is 0. The van der Waals surface area contributed by atoms with Crippen molar-refractivity contribution in [3.8, 4) is 0 Å². The van der Waals surface area contributed by atoms with Crippen molar-refractivity contribution >= 4 is 12.4 Å². The highest BCUT2D eigenvalue weighted by Crippen LogP contribution is 2.15. The zero-order valence-electron chi connectivity index (χ0n) is 9.36. The average molecular weight is 221 g/mol. The fourth-order valence-corrected chi connectivity index (χ4v) is 1.67. The number of aliphatic carboxylic acids is 1.